The number of ketones is 1. The second-order valence-corrected chi connectivity index (χ2v) is 7.29. The van der Waals surface area contributed by atoms with E-state index >= 15 is 0 Å². The second kappa shape index (κ2) is 8.86. The molecule has 1 aromatic carbocycles. The zero-order valence-corrected chi connectivity index (χ0v) is 16.1. The van der Waals surface area contributed by atoms with Gasteiger partial charge in [0.2, 0.25) is 5.89 Å². The number of Topliss-reactive ketones (excluding diaryl/α,β-unsaturated/α-hetero) is 1. The number of ether oxygens (including phenoxy) is 2. The summed E-state index contributed by atoms with van der Waals surface area (Å²) >= 11 is 2.92. The molecule has 0 aliphatic heterocycles. The molecule has 0 unspecified atom stereocenters. The summed E-state index contributed by atoms with van der Waals surface area (Å²) in [7, 11) is 3.16. The highest BCUT2D eigenvalue weighted by atomic mass is 32.2. The van der Waals surface area contributed by atoms with Crippen LogP contribution in [0.4, 0.5) is 0 Å². The molecule has 0 spiro atoms. The molecule has 0 saturated heterocycles. The van der Waals surface area contributed by atoms with Gasteiger partial charge < -0.3 is 13.9 Å². The first kappa shape index (κ1) is 18.5. The Bertz CT molecular complexity index is 862. The van der Waals surface area contributed by atoms with Crippen molar-refractivity contribution in [2.45, 2.75) is 18.1 Å². The highest BCUT2D eigenvalue weighted by Gasteiger charge is 2.13. The molecule has 0 atom stereocenters. The molecule has 2 heterocycles. The summed E-state index contributed by atoms with van der Waals surface area (Å²) in [4.78, 5) is 12.8. The van der Waals surface area contributed by atoms with E-state index < -0.39 is 0 Å². The first-order valence-electron chi connectivity index (χ1n) is 7.96. The van der Waals surface area contributed by atoms with E-state index in [1.165, 1.54) is 23.1 Å². The van der Waals surface area contributed by atoms with Crippen molar-refractivity contribution in [3.8, 4) is 23.0 Å². The van der Waals surface area contributed by atoms with Crippen LogP contribution in [0.2, 0.25) is 0 Å². The fraction of sp³-hybridized carbons (Fsp3) is 0.278. The average molecular weight is 390 g/mol. The van der Waals surface area contributed by atoms with E-state index in [9.17, 15) is 4.79 Å². The molecule has 0 fully saturated rings. The normalized spacial score (nSPS) is 10.7. The van der Waals surface area contributed by atoms with Gasteiger partial charge in [-0.25, -0.2) is 0 Å². The maximum atomic E-state index is 11.9. The lowest BCUT2D eigenvalue weighted by atomic mass is 10.2. The highest BCUT2D eigenvalue weighted by molar-refractivity contribution is 7.99. The molecule has 26 heavy (non-hydrogen) atoms. The zero-order chi connectivity index (χ0) is 18.4. The number of hydrogen-bond donors (Lipinski definition) is 0. The Morgan fingerprint density at radius 2 is 2.04 bits per heavy atom. The van der Waals surface area contributed by atoms with Gasteiger partial charge in [-0.3, -0.25) is 4.79 Å². The first-order chi connectivity index (χ1) is 12.7. The lowest BCUT2D eigenvalue weighted by Crippen LogP contribution is -1.96. The summed E-state index contributed by atoms with van der Waals surface area (Å²) in [6.07, 6.45) is 1.28. The van der Waals surface area contributed by atoms with Crippen LogP contribution in [-0.4, -0.2) is 36.0 Å². The summed E-state index contributed by atoms with van der Waals surface area (Å²) in [5, 5.41) is 10.5. The molecule has 8 heteroatoms. The monoisotopic (exact) mass is 390 g/mol. The van der Waals surface area contributed by atoms with Crippen molar-refractivity contribution >= 4 is 28.9 Å². The maximum Gasteiger partial charge on any atom is 0.276 e. The SMILES string of the molecule is COc1ccc(-c2nnc(SCCCC(=O)c3cccs3)o2)cc1OC. The number of hydrogen-bond acceptors (Lipinski definition) is 8. The predicted molar refractivity (Wildman–Crippen MR) is 101 cm³/mol. The average Bonchev–Trinajstić information content (AvgIpc) is 3.36. The molecule has 0 bridgehead atoms. The smallest absolute Gasteiger partial charge is 0.276 e. The Hall–Kier alpha value is -2.32. The fourth-order valence-corrected chi connectivity index (χ4v) is 3.70. The molecular formula is C18H18N2O4S2. The molecule has 0 amide bonds. The van der Waals surface area contributed by atoms with Crippen LogP contribution in [0.15, 0.2) is 45.4 Å². The minimum atomic E-state index is 0.178. The van der Waals surface area contributed by atoms with Gasteiger partial charge in [0.05, 0.1) is 19.1 Å². The van der Waals surface area contributed by atoms with Gasteiger partial charge in [-0.1, -0.05) is 17.8 Å². The van der Waals surface area contributed by atoms with Gasteiger partial charge in [-0.05, 0) is 36.1 Å². The summed E-state index contributed by atoms with van der Waals surface area (Å²) < 4.78 is 16.2. The van der Waals surface area contributed by atoms with E-state index in [-0.39, 0.29) is 5.78 Å². The minimum absolute atomic E-state index is 0.178. The van der Waals surface area contributed by atoms with Crippen LogP contribution in [0.5, 0.6) is 11.5 Å². The van der Waals surface area contributed by atoms with Gasteiger partial charge >= 0.3 is 0 Å². The molecule has 3 aromatic rings. The fourth-order valence-electron chi connectivity index (χ4n) is 2.31. The lowest BCUT2D eigenvalue weighted by Gasteiger charge is -2.07. The largest absolute Gasteiger partial charge is 0.493 e. The Morgan fingerprint density at radius 3 is 2.77 bits per heavy atom. The molecule has 6 nitrogen and oxygen atoms in total. The lowest BCUT2D eigenvalue weighted by molar-refractivity contribution is 0.0986. The van der Waals surface area contributed by atoms with Crippen LogP contribution in [0.25, 0.3) is 11.5 Å². The molecule has 0 saturated carbocycles. The van der Waals surface area contributed by atoms with Crippen molar-refractivity contribution in [1.82, 2.24) is 10.2 Å². The number of carbonyl (C=O) groups excluding carboxylic acids is 1. The van der Waals surface area contributed by atoms with Gasteiger partial charge in [0.15, 0.2) is 17.3 Å². The predicted octanol–water partition coefficient (Wildman–Crippen LogP) is 4.57. The summed E-state index contributed by atoms with van der Waals surface area (Å²) in [5.41, 5.74) is 0.759. The van der Waals surface area contributed by atoms with Crippen molar-refractivity contribution in [1.29, 1.82) is 0 Å². The number of thioether (sulfide) groups is 1. The molecule has 136 valence electrons. The third-order valence-corrected chi connectivity index (χ3v) is 5.42. The molecule has 0 aliphatic carbocycles. The van der Waals surface area contributed by atoms with Crippen LogP contribution >= 0.6 is 23.1 Å². The van der Waals surface area contributed by atoms with Crippen molar-refractivity contribution < 1.29 is 18.7 Å². The summed E-state index contributed by atoms with van der Waals surface area (Å²) in [6, 6.07) is 9.17. The van der Waals surface area contributed by atoms with E-state index in [4.69, 9.17) is 13.9 Å². The Morgan fingerprint density at radius 1 is 1.19 bits per heavy atom. The van der Waals surface area contributed by atoms with Gasteiger partial charge in [-0.15, -0.1) is 21.5 Å². The second-order valence-electron chi connectivity index (χ2n) is 5.30. The Kier molecular flexibility index (Phi) is 6.30. The van der Waals surface area contributed by atoms with E-state index in [1.54, 1.807) is 26.4 Å². The van der Waals surface area contributed by atoms with Gasteiger partial charge in [0, 0.05) is 17.7 Å². The number of thiophene rings is 1. The van der Waals surface area contributed by atoms with Crippen molar-refractivity contribution in [2.75, 3.05) is 20.0 Å². The maximum absolute atomic E-state index is 11.9. The van der Waals surface area contributed by atoms with Crippen LogP contribution < -0.4 is 9.47 Å². The van der Waals surface area contributed by atoms with Crippen molar-refractivity contribution in [3.05, 3.63) is 40.6 Å². The van der Waals surface area contributed by atoms with Crippen molar-refractivity contribution in [3.63, 3.8) is 0 Å². The summed E-state index contributed by atoms with van der Waals surface area (Å²) in [5.74, 6) is 2.58. The van der Waals surface area contributed by atoms with Crippen LogP contribution in [-0.2, 0) is 0 Å². The molecular weight excluding hydrogens is 372 g/mol. The van der Waals surface area contributed by atoms with Crippen LogP contribution in [0.3, 0.4) is 0 Å². The highest BCUT2D eigenvalue weighted by Crippen LogP contribution is 2.32. The number of nitrogens with zero attached hydrogens (tertiary/aromatic N) is 2. The standard InChI is InChI=1S/C18H18N2O4S2/c1-22-14-8-7-12(11-15(14)23-2)17-19-20-18(24-17)26-10-3-5-13(21)16-6-4-9-25-16/h4,6-9,11H,3,5,10H2,1-2H3. The van der Waals surface area contributed by atoms with Gasteiger partial charge in [-0.2, -0.15) is 0 Å². The Balaban J connectivity index is 1.54. The number of methoxy groups -OCH3 is 2. The quantitative estimate of drug-likeness (QED) is 0.301. The topological polar surface area (TPSA) is 74.5 Å². The van der Waals surface area contributed by atoms with Crippen LogP contribution in [0, 0.1) is 0 Å². The summed E-state index contributed by atoms with van der Waals surface area (Å²) in [6.45, 7) is 0. The van der Waals surface area contributed by atoms with E-state index in [1.807, 2.05) is 23.6 Å². The van der Waals surface area contributed by atoms with E-state index in [0.29, 0.717) is 29.0 Å². The third kappa shape index (κ3) is 4.44. The van der Waals surface area contributed by atoms with Gasteiger partial charge in [0.25, 0.3) is 5.22 Å². The Labute approximate surface area is 159 Å². The number of carbonyl (C=O) groups is 1. The molecule has 0 aliphatic rings. The third-order valence-electron chi connectivity index (χ3n) is 3.61. The number of rotatable bonds is 9. The number of benzene rings is 1. The zero-order valence-electron chi connectivity index (χ0n) is 14.4. The first-order valence-corrected chi connectivity index (χ1v) is 9.83. The molecule has 2 aromatic heterocycles. The molecule has 0 radical (unpaired) electrons. The number of aromatic nitrogens is 2. The minimum Gasteiger partial charge on any atom is -0.493 e. The molecule has 3 rings (SSSR count). The van der Waals surface area contributed by atoms with E-state index in [0.717, 1.165) is 22.6 Å². The van der Waals surface area contributed by atoms with Gasteiger partial charge in [0.1, 0.15) is 0 Å². The van der Waals surface area contributed by atoms with Crippen LogP contribution in [0.1, 0.15) is 22.5 Å². The molecule has 0 N–H and O–H groups in total. The van der Waals surface area contributed by atoms with E-state index in [2.05, 4.69) is 10.2 Å². The van der Waals surface area contributed by atoms with Crippen molar-refractivity contribution in [2.24, 2.45) is 0 Å².